The molecule has 50 valence electrons. The van der Waals surface area contributed by atoms with Crippen molar-refractivity contribution in [2.75, 3.05) is 0 Å². The van der Waals surface area contributed by atoms with E-state index in [1.54, 1.807) is 0 Å². The van der Waals surface area contributed by atoms with Crippen LogP contribution >= 0.6 is 11.8 Å². The Morgan fingerprint density at radius 3 is 2.89 bits per heavy atom. The van der Waals surface area contributed by atoms with Gasteiger partial charge in [-0.2, -0.15) is 0 Å². The minimum Gasteiger partial charge on any atom is -0.378 e. The van der Waals surface area contributed by atoms with Crippen LogP contribution in [0.2, 0.25) is 0 Å². The second-order valence-corrected chi connectivity index (χ2v) is 3.35. The molecule has 1 aliphatic heterocycles. The molecule has 1 aliphatic rings. The third-order valence-corrected chi connectivity index (χ3v) is 1.84. The van der Waals surface area contributed by atoms with Crippen LogP contribution in [-0.2, 0) is 0 Å². The zero-order valence-corrected chi connectivity index (χ0v) is 6.40. The highest BCUT2D eigenvalue weighted by molar-refractivity contribution is 8.17. The maximum Gasteiger partial charge on any atom is 0.159 e. The minimum absolute atomic E-state index is 0.270. The normalized spacial score (nSPS) is 27.1. The van der Waals surface area contributed by atoms with Gasteiger partial charge in [0, 0.05) is 0 Å². The van der Waals surface area contributed by atoms with Crippen LogP contribution in [0.4, 0.5) is 0 Å². The first-order valence-corrected chi connectivity index (χ1v) is 3.69. The molecule has 2 N–H and O–H groups in total. The maximum absolute atomic E-state index is 5.49. The third-order valence-electron chi connectivity index (χ3n) is 1.07. The summed E-state index contributed by atoms with van der Waals surface area (Å²) in [4.78, 5) is 5.36. The Morgan fingerprint density at radius 1 is 1.78 bits per heavy atom. The largest absolute Gasteiger partial charge is 0.378 e. The summed E-state index contributed by atoms with van der Waals surface area (Å²) in [5, 5.41) is 0.683. The molecular formula is C6H10N2S. The lowest BCUT2D eigenvalue weighted by atomic mass is 10.3. The molecule has 2 nitrogen and oxygen atoms in total. The van der Waals surface area contributed by atoms with Crippen molar-refractivity contribution in [2.24, 2.45) is 10.7 Å². The van der Waals surface area contributed by atoms with Gasteiger partial charge in [-0.15, -0.1) is 0 Å². The molecule has 1 rings (SSSR count). The predicted octanol–water partition coefficient (Wildman–Crippen LogP) is 1.34. The zero-order chi connectivity index (χ0) is 6.85. The fourth-order valence-electron chi connectivity index (χ4n) is 0.803. The minimum atomic E-state index is 0.270. The van der Waals surface area contributed by atoms with E-state index in [1.165, 1.54) is 16.7 Å². The van der Waals surface area contributed by atoms with Crippen LogP contribution in [0.25, 0.3) is 0 Å². The molecule has 0 aromatic carbocycles. The molecule has 0 bridgehead atoms. The first kappa shape index (κ1) is 6.68. The highest BCUT2D eigenvalue weighted by atomic mass is 32.2. The van der Waals surface area contributed by atoms with E-state index in [0.717, 1.165) is 0 Å². The van der Waals surface area contributed by atoms with Crippen molar-refractivity contribution in [3.05, 3.63) is 11.0 Å². The maximum atomic E-state index is 5.49. The lowest BCUT2D eigenvalue weighted by Crippen LogP contribution is -2.13. The molecule has 0 aliphatic carbocycles. The Hall–Kier alpha value is -0.440. The van der Waals surface area contributed by atoms with Crippen LogP contribution in [-0.4, -0.2) is 11.2 Å². The molecule has 1 heterocycles. The Morgan fingerprint density at radius 2 is 2.44 bits per heavy atom. The van der Waals surface area contributed by atoms with E-state index in [1.807, 2.05) is 13.8 Å². The molecule has 0 unspecified atom stereocenters. The molecular weight excluding hydrogens is 132 g/mol. The summed E-state index contributed by atoms with van der Waals surface area (Å²) in [7, 11) is 0. The number of amidine groups is 1. The van der Waals surface area contributed by atoms with Crippen molar-refractivity contribution < 1.29 is 0 Å². The standard InChI is InChI=1S/C6H10N2S/c1-4-3-5(2)9-6(7)8-4/h3-4H,1-2H3,(H2,7,8)/t4-/m0/s1. The van der Waals surface area contributed by atoms with Gasteiger partial charge in [-0.3, -0.25) is 4.99 Å². The van der Waals surface area contributed by atoms with Gasteiger partial charge >= 0.3 is 0 Å². The summed E-state index contributed by atoms with van der Waals surface area (Å²) in [6.45, 7) is 4.07. The smallest absolute Gasteiger partial charge is 0.159 e. The molecule has 0 radical (unpaired) electrons. The van der Waals surface area contributed by atoms with E-state index in [2.05, 4.69) is 11.1 Å². The molecule has 1 atom stereocenters. The number of aliphatic imine (C=N–C) groups is 1. The molecule has 0 saturated carbocycles. The summed E-state index contributed by atoms with van der Waals surface area (Å²) in [5.74, 6) is 0. The van der Waals surface area contributed by atoms with E-state index >= 15 is 0 Å². The van der Waals surface area contributed by atoms with Crippen LogP contribution in [0.5, 0.6) is 0 Å². The van der Waals surface area contributed by atoms with E-state index in [-0.39, 0.29) is 6.04 Å². The Balaban J connectivity index is 2.69. The van der Waals surface area contributed by atoms with Crippen molar-refractivity contribution in [3.63, 3.8) is 0 Å². The van der Waals surface area contributed by atoms with E-state index in [0.29, 0.717) is 5.17 Å². The highest BCUT2D eigenvalue weighted by Crippen LogP contribution is 2.20. The molecule has 0 aromatic heterocycles. The van der Waals surface area contributed by atoms with Gasteiger partial charge in [0.1, 0.15) is 0 Å². The van der Waals surface area contributed by atoms with Gasteiger partial charge in [-0.05, 0) is 18.8 Å². The van der Waals surface area contributed by atoms with Gasteiger partial charge < -0.3 is 5.73 Å². The first-order valence-electron chi connectivity index (χ1n) is 2.88. The van der Waals surface area contributed by atoms with Gasteiger partial charge in [-0.1, -0.05) is 17.8 Å². The van der Waals surface area contributed by atoms with Crippen LogP contribution < -0.4 is 5.73 Å². The summed E-state index contributed by atoms with van der Waals surface area (Å²) in [6, 6.07) is 0.270. The molecule has 0 aromatic rings. The van der Waals surface area contributed by atoms with E-state index < -0.39 is 0 Å². The summed E-state index contributed by atoms with van der Waals surface area (Å²) < 4.78 is 0. The van der Waals surface area contributed by atoms with Crippen molar-refractivity contribution in [1.82, 2.24) is 0 Å². The van der Waals surface area contributed by atoms with Crippen molar-refractivity contribution in [2.45, 2.75) is 19.9 Å². The van der Waals surface area contributed by atoms with Crippen LogP contribution in [0.15, 0.2) is 16.0 Å². The molecule has 0 spiro atoms. The number of thioether (sulfide) groups is 1. The number of allylic oxidation sites excluding steroid dienone is 1. The number of rotatable bonds is 0. The molecule has 0 amide bonds. The number of nitrogens with two attached hydrogens (primary N) is 1. The Bertz CT molecular complexity index is 154. The van der Waals surface area contributed by atoms with Crippen LogP contribution in [0, 0.1) is 0 Å². The third kappa shape index (κ3) is 1.75. The van der Waals surface area contributed by atoms with Gasteiger partial charge in [-0.25, -0.2) is 0 Å². The number of nitrogens with zero attached hydrogens (tertiary/aromatic N) is 1. The van der Waals surface area contributed by atoms with E-state index in [9.17, 15) is 0 Å². The first-order chi connectivity index (χ1) is 4.18. The lowest BCUT2D eigenvalue weighted by Gasteiger charge is -2.10. The SMILES string of the molecule is CC1=C[C@H](C)N=C(N)S1. The van der Waals surface area contributed by atoms with Crippen LogP contribution in [0.3, 0.4) is 0 Å². The number of hydrogen-bond acceptors (Lipinski definition) is 3. The lowest BCUT2D eigenvalue weighted by molar-refractivity contribution is 0.921. The fraction of sp³-hybridized carbons (Fsp3) is 0.500. The average Bonchev–Trinajstić information content (AvgIpc) is 1.59. The van der Waals surface area contributed by atoms with Crippen molar-refractivity contribution in [3.8, 4) is 0 Å². The molecule has 0 saturated heterocycles. The average molecular weight is 142 g/mol. The Labute approximate surface area is 59.2 Å². The summed E-state index contributed by atoms with van der Waals surface area (Å²) in [6.07, 6.45) is 2.10. The second kappa shape index (κ2) is 2.43. The van der Waals surface area contributed by atoms with Crippen LogP contribution in [0.1, 0.15) is 13.8 Å². The molecule has 3 heteroatoms. The van der Waals surface area contributed by atoms with Gasteiger partial charge in [0.2, 0.25) is 0 Å². The predicted molar refractivity (Wildman–Crippen MR) is 42.4 cm³/mol. The van der Waals surface area contributed by atoms with E-state index in [4.69, 9.17) is 5.73 Å². The molecule has 0 fully saturated rings. The second-order valence-electron chi connectivity index (χ2n) is 2.09. The zero-order valence-electron chi connectivity index (χ0n) is 5.59. The quantitative estimate of drug-likeness (QED) is 0.554. The number of hydrogen-bond donors (Lipinski definition) is 1. The van der Waals surface area contributed by atoms with Crippen molar-refractivity contribution >= 4 is 16.9 Å². The Kier molecular flexibility index (Phi) is 1.81. The fourth-order valence-corrected chi connectivity index (χ4v) is 1.62. The monoisotopic (exact) mass is 142 g/mol. The molecule has 9 heavy (non-hydrogen) atoms. The van der Waals surface area contributed by atoms with Gasteiger partial charge in [0.25, 0.3) is 0 Å². The topological polar surface area (TPSA) is 38.4 Å². The van der Waals surface area contributed by atoms with Gasteiger partial charge in [0.15, 0.2) is 5.17 Å². The summed E-state index contributed by atoms with van der Waals surface area (Å²) >= 11 is 1.53. The van der Waals surface area contributed by atoms with Crippen molar-refractivity contribution in [1.29, 1.82) is 0 Å². The summed E-state index contributed by atoms with van der Waals surface area (Å²) in [5.41, 5.74) is 5.49. The van der Waals surface area contributed by atoms with Gasteiger partial charge in [0.05, 0.1) is 6.04 Å². The highest BCUT2D eigenvalue weighted by Gasteiger charge is 2.05.